The van der Waals surface area contributed by atoms with Crippen molar-refractivity contribution in [1.82, 2.24) is 0 Å². The van der Waals surface area contributed by atoms with Gasteiger partial charge in [-0.3, -0.25) is 4.79 Å². The number of aliphatic imine (C=N–C) groups is 1. The molecule has 1 N–H and O–H groups in total. The number of carbonyl (C=O) groups is 2. The highest BCUT2D eigenvalue weighted by molar-refractivity contribution is 6.13. The number of nitrogens with one attached hydrogen (secondary N) is 1. The van der Waals surface area contributed by atoms with Crippen LogP contribution in [0.5, 0.6) is 5.75 Å². The monoisotopic (exact) mass is 364 g/mol. The zero-order valence-electron chi connectivity index (χ0n) is 15.2. The number of nitrogens with zero attached hydrogens (tertiary/aromatic N) is 1. The number of rotatable bonds is 6. The van der Waals surface area contributed by atoms with Crippen molar-refractivity contribution in [3.8, 4) is 5.75 Å². The maximum absolute atomic E-state index is 12.2. The first-order valence-corrected chi connectivity index (χ1v) is 8.69. The van der Waals surface area contributed by atoms with E-state index in [9.17, 15) is 9.59 Å². The van der Waals surface area contributed by atoms with Crippen molar-refractivity contribution in [1.29, 1.82) is 0 Å². The third kappa shape index (κ3) is 4.61. The standard InChI is InChI=1S/C21H20N2O4/c1-3-12-26-19-7-5-4-6-16(19)13-18-21(25)27-20(23-18)15-8-10-17(11-9-15)22-14(2)24/h4-11,13H,3,12H2,1-2H3,(H,22,24)/b18-13-. The minimum Gasteiger partial charge on any atom is -0.493 e. The topological polar surface area (TPSA) is 77.0 Å². The zero-order chi connectivity index (χ0) is 19.2. The predicted molar refractivity (Wildman–Crippen MR) is 104 cm³/mol. The Hall–Kier alpha value is -3.41. The van der Waals surface area contributed by atoms with Gasteiger partial charge in [-0.25, -0.2) is 9.79 Å². The van der Waals surface area contributed by atoms with Gasteiger partial charge in [-0.05, 0) is 42.8 Å². The van der Waals surface area contributed by atoms with E-state index in [1.807, 2.05) is 31.2 Å². The van der Waals surface area contributed by atoms with Gasteiger partial charge in [0.25, 0.3) is 0 Å². The van der Waals surface area contributed by atoms with Gasteiger partial charge in [0.15, 0.2) is 5.70 Å². The summed E-state index contributed by atoms with van der Waals surface area (Å²) in [6.45, 7) is 4.07. The molecule has 0 fully saturated rings. The molecule has 2 aromatic carbocycles. The van der Waals surface area contributed by atoms with Gasteiger partial charge >= 0.3 is 5.97 Å². The summed E-state index contributed by atoms with van der Waals surface area (Å²) in [6, 6.07) is 14.4. The lowest BCUT2D eigenvalue weighted by atomic mass is 10.1. The molecule has 0 saturated heterocycles. The molecule has 0 aromatic heterocycles. The van der Waals surface area contributed by atoms with E-state index < -0.39 is 5.97 Å². The highest BCUT2D eigenvalue weighted by Gasteiger charge is 2.24. The quantitative estimate of drug-likeness (QED) is 0.625. The molecule has 0 saturated carbocycles. The summed E-state index contributed by atoms with van der Waals surface area (Å²) >= 11 is 0. The van der Waals surface area contributed by atoms with Crippen molar-refractivity contribution in [3.05, 3.63) is 65.4 Å². The van der Waals surface area contributed by atoms with Crippen LogP contribution in [-0.4, -0.2) is 24.4 Å². The maximum atomic E-state index is 12.2. The third-order valence-electron chi connectivity index (χ3n) is 3.75. The first kappa shape index (κ1) is 18.4. The molecular formula is C21H20N2O4. The second kappa shape index (κ2) is 8.31. The zero-order valence-corrected chi connectivity index (χ0v) is 15.2. The van der Waals surface area contributed by atoms with E-state index in [2.05, 4.69) is 10.3 Å². The van der Waals surface area contributed by atoms with Gasteiger partial charge in [-0.1, -0.05) is 25.1 Å². The molecular weight excluding hydrogens is 344 g/mol. The van der Waals surface area contributed by atoms with Crippen molar-refractivity contribution in [2.45, 2.75) is 20.3 Å². The summed E-state index contributed by atoms with van der Waals surface area (Å²) < 4.78 is 11.0. The summed E-state index contributed by atoms with van der Waals surface area (Å²) in [4.78, 5) is 27.6. The molecule has 0 spiro atoms. The molecule has 1 heterocycles. The molecule has 138 valence electrons. The van der Waals surface area contributed by atoms with Gasteiger partial charge in [0, 0.05) is 23.7 Å². The van der Waals surface area contributed by atoms with Gasteiger partial charge in [-0.2, -0.15) is 0 Å². The van der Waals surface area contributed by atoms with E-state index in [0.717, 1.165) is 12.0 Å². The number of cyclic esters (lactones) is 1. The average Bonchev–Trinajstić information content (AvgIpc) is 3.02. The first-order valence-electron chi connectivity index (χ1n) is 8.69. The number of benzene rings is 2. The number of esters is 1. The van der Waals surface area contributed by atoms with Crippen LogP contribution in [0.25, 0.3) is 6.08 Å². The summed E-state index contributed by atoms with van der Waals surface area (Å²) in [5, 5.41) is 2.68. The maximum Gasteiger partial charge on any atom is 0.363 e. The Balaban J connectivity index is 1.84. The Morgan fingerprint density at radius 3 is 2.63 bits per heavy atom. The molecule has 6 heteroatoms. The smallest absolute Gasteiger partial charge is 0.363 e. The van der Waals surface area contributed by atoms with E-state index in [-0.39, 0.29) is 17.5 Å². The van der Waals surface area contributed by atoms with Crippen LogP contribution in [-0.2, 0) is 14.3 Å². The van der Waals surface area contributed by atoms with Crippen LogP contribution in [0.2, 0.25) is 0 Å². The molecule has 0 atom stereocenters. The Morgan fingerprint density at radius 2 is 1.93 bits per heavy atom. The predicted octanol–water partition coefficient (Wildman–Crippen LogP) is 3.78. The molecule has 1 aliphatic heterocycles. The van der Waals surface area contributed by atoms with Crippen LogP contribution in [0.1, 0.15) is 31.4 Å². The van der Waals surface area contributed by atoms with E-state index in [0.29, 0.717) is 23.6 Å². The summed E-state index contributed by atoms with van der Waals surface area (Å²) in [5.41, 5.74) is 2.29. The van der Waals surface area contributed by atoms with Crippen molar-refractivity contribution < 1.29 is 19.1 Å². The number of amides is 1. The van der Waals surface area contributed by atoms with Crippen LogP contribution in [0.4, 0.5) is 5.69 Å². The molecule has 1 amide bonds. The van der Waals surface area contributed by atoms with Crippen molar-refractivity contribution >= 4 is 29.5 Å². The summed E-state index contributed by atoms with van der Waals surface area (Å²) in [5.74, 6) is 0.262. The number of hydrogen-bond donors (Lipinski definition) is 1. The molecule has 2 aromatic rings. The third-order valence-corrected chi connectivity index (χ3v) is 3.75. The van der Waals surface area contributed by atoms with E-state index in [1.54, 1.807) is 30.3 Å². The molecule has 0 bridgehead atoms. The number of carbonyl (C=O) groups excluding carboxylic acids is 2. The van der Waals surface area contributed by atoms with Crippen molar-refractivity contribution in [3.63, 3.8) is 0 Å². The molecule has 0 radical (unpaired) electrons. The van der Waals surface area contributed by atoms with Crippen LogP contribution in [0.3, 0.4) is 0 Å². The Morgan fingerprint density at radius 1 is 1.19 bits per heavy atom. The lowest BCUT2D eigenvalue weighted by Gasteiger charge is -2.07. The van der Waals surface area contributed by atoms with Crippen molar-refractivity contribution in [2.75, 3.05) is 11.9 Å². The number of hydrogen-bond acceptors (Lipinski definition) is 5. The normalized spacial score (nSPS) is 14.7. The SMILES string of the molecule is CCCOc1ccccc1/C=C1\N=C(c2ccc(NC(C)=O)cc2)OC1=O. The van der Waals surface area contributed by atoms with Crippen molar-refractivity contribution in [2.24, 2.45) is 4.99 Å². The van der Waals surface area contributed by atoms with Gasteiger partial charge in [0.1, 0.15) is 5.75 Å². The number of anilines is 1. The van der Waals surface area contributed by atoms with Gasteiger partial charge in [0.05, 0.1) is 6.61 Å². The second-order valence-corrected chi connectivity index (χ2v) is 5.98. The molecule has 1 aliphatic rings. The lowest BCUT2D eigenvalue weighted by Crippen LogP contribution is -2.07. The first-order chi connectivity index (χ1) is 13.1. The molecule has 3 rings (SSSR count). The Bertz CT molecular complexity index is 914. The van der Waals surface area contributed by atoms with Gasteiger partial charge in [-0.15, -0.1) is 0 Å². The number of para-hydroxylation sites is 1. The molecule has 0 aliphatic carbocycles. The van der Waals surface area contributed by atoms with Crippen LogP contribution < -0.4 is 10.1 Å². The summed E-state index contributed by atoms with van der Waals surface area (Å²) in [6.07, 6.45) is 2.55. The van der Waals surface area contributed by atoms with Crippen LogP contribution >= 0.6 is 0 Å². The summed E-state index contributed by atoms with van der Waals surface area (Å²) in [7, 11) is 0. The van der Waals surface area contributed by atoms with E-state index in [1.165, 1.54) is 6.92 Å². The fraction of sp³-hybridized carbons (Fsp3) is 0.190. The van der Waals surface area contributed by atoms with E-state index in [4.69, 9.17) is 9.47 Å². The Kier molecular flexibility index (Phi) is 5.66. The molecule has 27 heavy (non-hydrogen) atoms. The van der Waals surface area contributed by atoms with Gasteiger partial charge < -0.3 is 14.8 Å². The van der Waals surface area contributed by atoms with Crippen LogP contribution in [0.15, 0.2) is 59.2 Å². The number of ether oxygens (including phenoxy) is 2. The van der Waals surface area contributed by atoms with Gasteiger partial charge in [0.2, 0.25) is 11.8 Å². The molecule has 0 unspecified atom stereocenters. The Labute approximate surface area is 157 Å². The molecule has 6 nitrogen and oxygen atoms in total. The average molecular weight is 364 g/mol. The van der Waals surface area contributed by atoms with E-state index >= 15 is 0 Å². The fourth-order valence-corrected chi connectivity index (χ4v) is 2.52. The highest BCUT2D eigenvalue weighted by Crippen LogP contribution is 2.25. The largest absolute Gasteiger partial charge is 0.493 e. The highest BCUT2D eigenvalue weighted by atomic mass is 16.6. The second-order valence-electron chi connectivity index (χ2n) is 5.98. The minimum atomic E-state index is -0.513. The lowest BCUT2D eigenvalue weighted by molar-refractivity contribution is -0.129. The van der Waals surface area contributed by atoms with Crippen LogP contribution in [0, 0.1) is 0 Å². The fourth-order valence-electron chi connectivity index (χ4n) is 2.52. The minimum absolute atomic E-state index is 0.151.